The number of esters is 1. The number of hydrogen-bond acceptors (Lipinski definition) is 3. The van der Waals surface area contributed by atoms with E-state index in [0.717, 1.165) is 0 Å². The summed E-state index contributed by atoms with van der Waals surface area (Å²) in [6.45, 7) is 6.00. The van der Waals surface area contributed by atoms with Crippen molar-refractivity contribution in [3.05, 3.63) is 34.9 Å². The number of carbonyl (C=O) groups is 1. The maximum Gasteiger partial charge on any atom is 0.328 e. The van der Waals surface area contributed by atoms with E-state index in [1.54, 1.807) is 13.0 Å². The molecule has 0 aliphatic carbocycles. The van der Waals surface area contributed by atoms with Gasteiger partial charge in [0, 0.05) is 5.56 Å². The third-order valence-corrected chi connectivity index (χ3v) is 3.28. The number of carbonyl (C=O) groups excluding carboxylic acids is 1. The standard InChI is InChI=1S/C14H18ClNO2S/c1-4-18-14(17)12(9(2)3)16-13(19)10-7-5-6-8-11(10)15/h5-9,12H,4H2,1-3H3,(H,16,19)/t12-/m0/s1. The van der Waals surface area contributed by atoms with E-state index in [0.29, 0.717) is 22.2 Å². The molecule has 0 bridgehead atoms. The predicted molar refractivity (Wildman–Crippen MR) is 81.5 cm³/mol. The molecule has 5 heteroatoms. The second kappa shape index (κ2) is 7.46. The number of rotatable bonds is 5. The highest BCUT2D eigenvalue weighted by Crippen LogP contribution is 2.16. The van der Waals surface area contributed by atoms with Crippen molar-refractivity contribution in [3.8, 4) is 0 Å². The minimum atomic E-state index is -0.469. The topological polar surface area (TPSA) is 38.3 Å². The molecule has 0 amide bonds. The van der Waals surface area contributed by atoms with Gasteiger partial charge >= 0.3 is 5.97 Å². The van der Waals surface area contributed by atoms with Crippen molar-refractivity contribution in [2.45, 2.75) is 26.8 Å². The molecule has 0 heterocycles. The molecular weight excluding hydrogens is 282 g/mol. The Hall–Kier alpha value is -1.13. The molecule has 1 rings (SSSR count). The van der Waals surface area contributed by atoms with E-state index in [4.69, 9.17) is 28.6 Å². The van der Waals surface area contributed by atoms with Gasteiger partial charge in [-0.15, -0.1) is 0 Å². The van der Waals surface area contributed by atoms with E-state index in [1.165, 1.54) is 0 Å². The molecule has 0 unspecified atom stereocenters. The highest BCUT2D eigenvalue weighted by atomic mass is 35.5. The van der Waals surface area contributed by atoms with Crippen LogP contribution in [0.25, 0.3) is 0 Å². The summed E-state index contributed by atoms with van der Waals surface area (Å²) in [4.78, 5) is 12.3. The number of nitrogens with one attached hydrogen (secondary N) is 1. The lowest BCUT2D eigenvalue weighted by Gasteiger charge is -2.22. The lowest BCUT2D eigenvalue weighted by atomic mass is 10.0. The Labute approximate surface area is 124 Å². The van der Waals surface area contributed by atoms with Crippen molar-refractivity contribution in [1.29, 1.82) is 0 Å². The van der Waals surface area contributed by atoms with Crippen LogP contribution in [-0.2, 0) is 9.53 Å². The van der Waals surface area contributed by atoms with E-state index >= 15 is 0 Å². The van der Waals surface area contributed by atoms with Crippen LogP contribution in [0.3, 0.4) is 0 Å². The fourth-order valence-electron chi connectivity index (χ4n) is 1.59. The van der Waals surface area contributed by atoms with Gasteiger partial charge in [-0.25, -0.2) is 4.79 Å². The molecule has 0 aliphatic rings. The molecule has 0 radical (unpaired) electrons. The summed E-state index contributed by atoms with van der Waals surface area (Å²) in [5, 5.41) is 3.59. The zero-order valence-corrected chi connectivity index (χ0v) is 12.8. The van der Waals surface area contributed by atoms with Crippen LogP contribution in [0.4, 0.5) is 0 Å². The normalized spacial score (nSPS) is 12.1. The number of thiocarbonyl (C=S) groups is 1. The third-order valence-electron chi connectivity index (χ3n) is 2.61. The van der Waals surface area contributed by atoms with Crippen molar-refractivity contribution in [2.24, 2.45) is 5.92 Å². The molecule has 1 N–H and O–H groups in total. The van der Waals surface area contributed by atoms with Gasteiger partial charge in [0.25, 0.3) is 0 Å². The predicted octanol–water partition coefficient (Wildman–Crippen LogP) is 3.19. The number of benzene rings is 1. The molecule has 1 aromatic carbocycles. The van der Waals surface area contributed by atoms with Crippen LogP contribution in [0, 0.1) is 5.92 Å². The number of hydrogen-bond donors (Lipinski definition) is 1. The minimum absolute atomic E-state index is 0.0690. The highest BCUT2D eigenvalue weighted by Gasteiger charge is 2.24. The maximum absolute atomic E-state index is 11.9. The average Bonchev–Trinajstić information content (AvgIpc) is 2.36. The fraction of sp³-hybridized carbons (Fsp3) is 0.429. The first-order chi connectivity index (χ1) is 8.97. The van der Waals surface area contributed by atoms with Crippen LogP contribution >= 0.6 is 23.8 Å². The molecule has 0 aliphatic heterocycles. The van der Waals surface area contributed by atoms with E-state index in [2.05, 4.69) is 5.32 Å². The lowest BCUT2D eigenvalue weighted by molar-refractivity contribution is -0.146. The van der Waals surface area contributed by atoms with Gasteiger partial charge in [-0.2, -0.15) is 0 Å². The first-order valence-corrected chi connectivity index (χ1v) is 6.98. The van der Waals surface area contributed by atoms with E-state index < -0.39 is 6.04 Å². The average molecular weight is 300 g/mol. The zero-order valence-electron chi connectivity index (χ0n) is 11.3. The summed E-state index contributed by atoms with van der Waals surface area (Å²) in [6.07, 6.45) is 0. The van der Waals surface area contributed by atoms with Gasteiger partial charge in [-0.1, -0.05) is 55.9 Å². The van der Waals surface area contributed by atoms with Gasteiger partial charge in [0.15, 0.2) is 0 Å². The molecular formula is C14H18ClNO2S. The monoisotopic (exact) mass is 299 g/mol. The molecule has 104 valence electrons. The fourth-order valence-corrected chi connectivity index (χ4v) is 2.19. The lowest BCUT2D eigenvalue weighted by Crippen LogP contribution is -2.45. The van der Waals surface area contributed by atoms with Gasteiger partial charge in [0.2, 0.25) is 0 Å². The van der Waals surface area contributed by atoms with Crippen LogP contribution in [-0.4, -0.2) is 23.6 Å². The second-order valence-corrected chi connectivity index (χ2v) is 5.24. The summed E-state index contributed by atoms with van der Waals surface area (Å²) in [5.74, 6) is -0.230. The molecule has 0 saturated carbocycles. The molecule has 3 nitrogen and oxygen atoms in total. The van der Waals surface area contributed by atoms with Crippen molar-refractivity contribution < 1.29 is 9.53 Å². The summed E-state index contributed by atoms with van der Waals surface area (Å²) in [5.41, 5.74) is 0.717. The highest BCUT2D eigenvalue weighted by molar-refractivity contribution is 7.80. The Morgan fingerprint density at radius 2 is 2.05 bits per heavy atom. The third kappa shape index (κ3) is 4.48. The molecule has 0 spiro atoms. The van der Waals surface area contributed by atoms with Crippen LogP contribution in [0.5, 0.6) is 0 Å². The zero-order chi connectivity index (χ0) is 14.4. The van der Waals surface area contributed by atoms with Gasteiger partial charge in [0.1, 0.15) is 11.0 Å². The Bertz CT molecular complexity index is 463. The van der Waals surface area contributed by atoms with E-state index in [9.17, 15) is 4.79 Å². The Balaban J connectivity index is 2.83. The molecule has 0 aromatic heterocycles. The maximum atomic E-state index is 11.9. The van der Waals surface area contributed by atoms with Crippen LogP contribution < -0.4 is 5.32 Å². The van der Waals surface area contributed by atoms with E-state index in [1.807, 2.05) is 32.0 Å². The Kier molecular flexibility index (Phi) is 6.25. The van der Waals surface area contributed by atoms with Gasteiger partial charge in [-0.3, -0.25) is 0 Å². The molecule has 0 fully saturated rings. The molecule has 19 heavy (non-hydrogen) atoms. The second-order valence-electron chi connectivity index (χ2n) is 4.43. The summed E-state index contributed by atoms with van der Waals surface area (Å²) in [6, 6.07) is 6.80. The Morgan fingerprint density at radius 1 is 1.42 bits per heavy atom. The van der Waals surface area contributed by atoms with Crippen LogP contribution in [0.1, 0.15) is 26.3 Å². The van der Waals surface area contributed by atoms with Gasteiger partial charge in [0.05, 0.1) is 11.6 Å². The number of halogens is 1. The van der Waals surface area contributed by atoms with Gasteiger partial charge in [-0.05, 0) is 18.9 Å². The van der Waals surface area contributed by atoms with Crippen molar-refractivity contribution in [3.63, 3.8) is 0 Å². The van der Waals surface area contributed by atoms with Crippen molar-refractivity contribution >= 4 is 34.8 Å². The first kappa shape index (κ1) is 15.9. The summed E-state index contributed by atoms with van der Waals surface area (Å²) < 4.78 is 5.04. The van der Waals surface area contributed by atoms with Crippen LogP contribution in [0.2, 0.25) is 5.02 Å². The quantitative estimate of drug-likeness (QED) is 0.669. The van der Waals surface area contributed by atoms with Crippen LogP contribution in [0.15, 0.2) is 24.3 Å². The molecule has 1 aromatic rings. The van der Waals surface area contributed by atoms with Gasteiger partial charge < -0.3 is 10.1 Å². The Morgan fingerprint density at radius 3 is 2.58 bits per heavy atom. The summed E-state index contributed by atoms with van der Waals surface area (Å²) >= 11 is 11.4. The first-order valence-electron chi connectivity index (χ1n) is 6.19. The SMILES string of the molecule is CCOC(=O)[C@@H](NC(=S)c1ccccc1Cl)C(C)C. The largest absolute Gasteiger partial charge is 0.464 e. The van der Waals surface area contributed by atoms with E-state index in [-0.39, 0.29) is 11.9 Å². The molecule has 0 saturated heterocycles. The molecule has 1 atom stereocenters. The summed E-state index contributed by atoms with van der Waals surface area (Å²) in [7, 11) is 0. The number of ether oxygens (including phenoxy) is 1. The van der Waals surface area contributed by atoms with Crippen molar-refractivity contribution in [1.82, 2.24) is 5.32 Å². The van der Waals surface area contributed by atoms with Crippen molar-refractivity contribution in [2.75, 3.05) is 6.61 Å². The smallest absolute Gasteiger partial charge is 0.328 e. The minimum Gasteiger partial charge on any atom is -0.464 e.